The van der Waals surface area contributed by atoms with E-state index in [1.807, 2.05) is 24.3 Å². The summed E-state index contributed by atoms with van der Waals surface area (Å²) in [6.45, 7) is 9.22. The number of hydrogen-bond acceptors (Lipinski definition) is 3. The molecule has 0 spiro atoms. The van der Waals surface area contributed by atoms with Crippen LogP contribution in [0, 0.1) is 0 Å². The van der Waals surface area contributed by atoms with Gasteiger partial charge in [0.15, 0.2) is 6.61 Å². The lowest BCUT2D eigenvalue weighted by Gasteiger charge is -2.16. The van der Waals surface area contributed by atoms with Crippen molar-refractivity contribution in [3.8, 4) is 5.75 Å². The molecule has 0 aliphatic carbocycles. The second-order valence-electron chi connectivity index (χ2n) is 4.47. The molecule has 1 aromatic carbocycles. The Balaban J connectivity index is 2.49. The predicted octanol–water partition coefficient (Wildman–Crippen LogP) is 2.43. The van der Waals surface area contributed by atoms with Crippen molar-refractivity contribution in [2.45, 2.75) is 26.3 Å². The Hall–Kier alpha value is -1.81. The third kappa shape index (κ3) is 5.45. The fourth-order valence-electron chi connectivity index (χ4n) is 1.93. The van der Waals surface area contributed by atoms with Crippen LogP contribution in [0.3, 0.4) is 0 Å². The van der Waals surface area contributed by atoms with Crippen LogP contribution < -0.4 is 15.4 Å². The van der Waals surface area contributed by atoms with Gasteiger partial charge in [-0.2, -0.15) is 0 Å². The highest BCUT2D eigenvalue weighted by atomic mass is 16.5. The molecule has 110 valence electrons. The number of carbonyl (C=O) groups excluding carboxylic acids is 1. The fourth-order valence-corrected chi connectivity index (χ4v) is 1.93. The molecule has 0 radical (unpaired) electrons. The summed E-state index contributed by atoms with van der Waals surface area (Å²) in [6, 6.07) is 8.23. The average Bonchev–Trinajstić information content (AvgIpc) is 2.49. The summed E-state index contributed by atoms with van der Waals surface area (Å²) in [5.41, 5.74) is 1.23. The molecule has 4 heteroatoms. The lowest BCUT2D eigenvalue weighted by Crippen LogP contribution is -2.28. The van der Waals surface area contributed by atoms with Gasteiger partial charge in [0.05, 0.1) is 0 Å². The van der Waals surface area contributed by atoms with Crippen LogP contribution in [0.1, 0.15) is 31.9 Å². The van der Waals surface area contributed by atoms with Gasteiger partial charge in [0.25, 0.3) is 5.91 Å². The third-order valence-electron chi connectivity index (χ3n) is 2.95. The summed E-state index contributed by atoms with van der Waals surface area (Å²) in [4.78, 5) is 11.4. The van der Waals surface area contributed by atoms with Crippen LogP contribution in [0.5, 0.6) is 5.75 Å². The van der Waals surface area contributed by atoms with Crippen molar-refractivity contribution in [3.63, 3.8) is 0 Å². The molecule has 0 saturated heterocycles. The van der Waals surface area contributed by atoms with E-state index in [9.17, 15) is 4.79 Å². The first kappa shape index (κ1) is 16.2. The fraction of sp³-hybridized carbons (Fsp3) is 0.438. The van der Waals surface area contributed by atoms with E-state index in [4.69, 9.17) is 4.74 Å². The van der Waals surface area contributed by atoms with Crippen LogP contribution in [0.4, 0.5) is 0 Å². The molecule has 0 saturated carbocycles. The quantitative estimate of drug-likeness (QED) is 0.681. The maximum Gasteiger partial charge on any atom is 0.258 e. The Bertz CT molecular complexity index is 415. The van der Waals surface area contributed by atoms with Crippen LogP contribution in [0.2, 0.25) is 0 Å². The summed E-state index contributed by atoms with van der Waals surface area (Å²) >= 11 is 0. The highest BCUT2D eigenvalue weighted by molar-refractivity contribution is 5.77. The first-order valence-electron chi connectivity index (χ1n) is 7.05. The second-order valence-corrected chi connectivity index (χ2v) is 4.47. The van der Waals surface area contributed by atoms with Gasteiger partial charge in [-0.1, -0.05) is 32.1 Å². The third-order valence-corrected chi connectivity index (χ3v) is 2.95. The molecule has 0 heterocycles. The van der Waals surface area contributed by atoms with Gasteiger partial charge in [-0.25, -0.2) is 0 Å². The molecule has 0 aliphatic rings. The normalized spacial score (nSPS) is 11.7. The predicted molar refractivity (Wildman–Crippen MR) is 81.9 cm³/mol. The van der Waals surface area contributed by atoms with Crippen molar-refractivity contribution in [2.24, 2.45) is 0 Å². The number of benzene rings is 1. The number of amides is 1. The van der Waals surface area contributed by atoms with Gasteiger partial charge >= 0.3 is 0 Å². The first-order chi connectivity index (χ1) is 9.71. The van der Waals surface area contributed by atoms with Crippen molar-refractivity contribution in [1.82, 2.24) is 10.6 Å². The van der Waals surface area contributed by atoms with Gasteiger partial charge in [0, 0.05) is 12.6 Å². The molecule has 1 amide bonds. The minimum atomic E-state index is -0.145. The van der Waals surface area contributed by atoms with E-state index < -0.39 is 0 Å². The maximum atomic E-state index is 11.4. The van der Waals surface area contributed by atoms with Gasteiger partial charge in [0.2, 0.25) is 0 Å². The molecule has 1 atom stereocenters. The molecule has 20 heavy (non-hydrogen) atoms. The van der Waals surface area contributed by atoms with E-state index in [0.717, 1.165) is 13.0 Å². The number of rotatable bonds is 9. The zero-order valence-electron chi connectivity index (χ0n) is 12.3. The van der Waals surface area contributed by atoms with E-state index in [-0.39, 0.29) is 12.5 Å². The topological polar surface area (TPSA) is 50.4 Å². The molecule has 0 aliphatic heterocycles. The van der Waals surface area contributed by atoms with Crippen LogP contribution in [0.15, 0.2) is 36.9 Å². The average molecular weight is 276 g/mol. The van der Waals surface area contributed by atoms with Gasteiger partial charge in [-0.3, -0.25) is 4.79 Å². The highest BCUT2D eigenvalue weighted by Gasteiger charge is 2.07. The van der Waals surface area contributed by atoms with Gasteiger partial charge in [-0.15, -0.1) is 6.58 Å². The molecule has 0 aromatic heterocycles. The number of carbonyl (C=O) groups is 1. The zero-order valence-corrected chi connectivity index (χ0v) is 12.3. The van der Waals surface area contributed by atoms with E-state index in [2.05, 4.69) is 31.1 Å². The first-order valence-corrected chi connectivity index (χ1v) is 7.05. The lowest BCUT2D eigenvalue weighted by atomic mass is 10.0. The van der Waals surface area contributed by atoms with Gasteiger partial charge in [0.1, 0.15) is 5.75 Å². The Kier molecular flexibility index (Phi) is 7.43. The van der Waals surface area contributed by atoms with Crippen molar-refractivity contribution in [1.29, 1.82) is 0 Å². The standard InChI is InChI=1S/C16H24N2O2/c1-4-11-18-16(19)12-20-14-9-7-13(8-10-14)15(5-2)17-6-3/h4,7-10,15,17H,1,5-6,11-12H2,2-3H3,(H,18,19). The smallest absolute Gasteiger partial charge is 0.258 e. The molecule has 1 unspecified atom stereocenters. The maximum absolute atomic E-state index is 11.4. The minimum absolute atomic E-state index is 0.0254. The molecule has 4 nitrogen and oxygen atoms in total. The molecule has 1 aromatic rings. The van der Waals surface area contributed by atoms with Crippen LogP contribution >= 0.6 is 0 Å². The molecular weight excluding hydrogens is 252 g/mol. The second kappa shape index (κ2) is 9.15. The van der Waals surface area contributed by atoms with E-state index in [0.29, 0.717) is 18.3 Å². The number of nitrogens with one attached hydrogen (secondary N) is 2. The summed E-state index contributed by atoms with van der Waals surface area (Å²) in [7, 11) is 0. The van der Waals surface area contributed by atoms with Crippen molar-refractivity contribution in [2.75, 3.05) is 19.7 Å². The highest BCUT2D eigenvalue weighted by Crippen LogP contribution is 2.20. The van der Waals surface area contributed by atoms with Crippen molar-refractivity contribution in [3.05, 3.63) is 42.5 Å². The van der Waals surface area contributed by atoms with Crippen LogP contribution in [-0.4, -0.2) is 25.6 Å². The zero-order chi connectivity index (χ0) is 14.8. The largest absolute Gasteiger partial charge is 0.484 e. The van der Waals surface area contributed by atoms with E-state index in [1.54, 1.807) is 6.08 Å². The Labute approximate surface area is 121 Å². The van der Waals surface area contributed by atoms with Crippen molar-refractivity contribution >= 4 is 5.91 Å². The van der Waals surface area contributed by atoms with Crippen molar-refractivity contribution < 1.29 is 9.53 Å². The van der Waals surface area contributed by atoms with E-state index >= 15 is 0 Å². The summed E-state index contributed by atoms with van der Waals surface area (Å²) in [6.07, 6.45) is 2.68. The lowest BCUT2D eigenvalue weighted by molar-refractivity contribution is -0.122. The molecule has 0 fully saturated rings. The number of hydrogen-bond donors (Lipinski definition) is 2. The van der Waals surface area contributed by atoms with Crippen LogP contribution in [-0.2, 0) is 4.79 Å². The summed E-state index contributed by atoms with van der Waals surface area (Å²) in [5.74, 6) is 0.557. The van der Waals surface area contributed by atoms with Gasteiger partial charge in [-0.05, 0) is 30.7 Å². The summed E-state index contributed by atoms with van der Waals surface area (Å²) < 4.78 is 5.43. The molecule has 0 bridgehead atoms. The molecular formula is C16H24N2O2. The van der Waals surface area contributed by atoms with Gasteiger partial charge < -0.3 is 15.4 Å². The Morgan fingerprint density at radius 3 is 2.60 bits per heavy atom. The van der Waals surface area contributed by atoms with E-state index in [1.165, 1.54) is 5.56 Å². The van der Waals surface area contributed by atoms with Crippen LogP contribution in [0.25, 0.3) is 0 Å². The molecule has 2 N–H and O–H groups in total. The Morgan fingerprint density at radius 2 is 2.05 bits per heavy atom. The SMILES string of the molecule is C=CCNC(=O)COc1ccc(C(CC)NCC)cc1. The molecule has 1 rings (SSSR count). The monoisotopic (exact) mass is 276 g/mol. The Morgan fingerprint density at radius 1 is 1.35 bits per heavy atom. The number of ether oxygens (including phenoxy) is 1. The summed E-state index contributed by atoms with van der Waals surface area (Å²) in [5, 5.41) is 6.09. The minimum Gasteiger partial charge on any atom is -0.484 e.